The van der Waals surface area contributed by atoms with Crippen molar-refractivity contribution in [2.45, 2.75) is 40.0 Å². The molecule has 2 aliphatic carbocycles. The van der Waals surface area contributed by atoms with E-state index in [1.165, 1.54) is 5.56 Å². The summed E-state index contributed by atoms with van der Waals surface area (Å²) in [5.41, 5.74) is 6.07. The van der Waals surface area contributed by atoms with Crippen LogP contribution in [-0.4, -0.2) is 23.9 Å². The number of cyclic esters (lactones) is 4. The van der Waals surface area contributed by atoms with Crippen LogP contribution in [0.3, 0.4) is 0 Å². The van der Waals surface area contributed by atoms with Crippen LogP contribution in [0.15, 0.2) is 60.7 Å². The van der Waals surface area contributed by atoms with Crippen molar-refractivity contribution in [1.82, 2.24) is 0 Å². The van der Waals surface area contributed by atoms with E-state index in [-0.39, 0.29) is 5.92 Å². The summed E-state index contributed by atoms with van der Waals surface area (Å²) in [6.45, 7) is 8.00. The highest BCUT2D eigenvalue weighted by molar-refractivity contribution is 6.32. The number of carbonyl (C=O) groups excluding carboxylic acids is 4. The van der Waals surface area contributed by atoms with Crippen molar-refractivity contribution in [3.05, 3.63) is 99.3 Å². The summed E-state index contributed by atoms with van der Waals surface area (Å²) in [4.78, 5) is 50.5. The van der Waals surface area contributed by atoms with E-state index in [0.29, 0.717) is 33.0 Å². The first-order valence-corrected chi connectivity index (χ1v) is 15.1. The Balaban J connectivity index is 0.000000697. The lowest BCUT2D eigenvalue weighted by Crippen LogP contribution is -2.24. The van der Waals surface area contributed by atoms with Crippen molar-refractivity contribution >= 4 is 73.0 Å². The van der Waals surface area contributed by atoms with Crippen molar-refractivity contribution in [3.63, 3.8) is 0 Å². The van der Waals surface area contributed by atoms with Crippen LogP contribution in [0.2, 0.25) is 0 Å². The Morgan fingerprint density at radius 3 is 1.55 bits per heavy atom. The third-order valence-electron chi connectivity index (χ3n) is 9.27. The standard InChI is InChI=1S/C34H14O6.2C2H6/c35-31-21-9-5-17-13-1-2-14-18-6-10-23-30-24(34(38)40-33(23)37)12-8-20(28(18)30)16-4-3-15(25(13)26(14)16)19-7-11-22(32(36)39-31)29(21)27(17)19;2*1-2/h1-3,5-12,16H,4H2;2*1-2H3. The molecule has 1 atom stereocenters. The molecule has 4 aliphatic rings. The summed E-state index contributed by atoms with van der Waals surface area (Å²) in [7, 11) is 0. The third kappa shape index (κ3) is 3.00. The Kier molecular flexibility index (Phi) is 5.42. The summed E-state index contributed by atoms with van der Waals surface area (Å²) < 4.78 is 10.0. The number of esters is 4. The highest BCUT2D eigenvalue weighted by Gasteiger charge is 2.37. The maximum absolute atomic E-state index is 12.6. The van der Waals surface area contributed by atoms with Crippen LogP contribution in [0.25, 0.3) is 60.3 Å². The fraction of sp³-hybridized carbons (Fsp3) is 0.158. The summed E-state index contributed by atoms with van der Waals surface area (Å²) in [6, 6.07) is 19.2. The van der Waals surface area contributed by atoms with Gasteiger partial charge in [-0.05, 0) is 90.5 Å². The average molecular weight is 579 g/mol. The molecule has 0 N–H and O–H groups in total. The minimum atomic E-state index is -0.617. The minimum Gasteiger partial charge on any atom is -0.386 e. The molecule has 44 heavy (non-hydrogen) atoms. The fourth-order valence-electron chi connectivity index (χ4n) is 7.76. The van der Waals surface area contributed by atoms with Gasteiger partial charge in [0.2, 0.25) is 0 Å². The molecule has 0 radical (unpaired) electrons. The second-order valence-electron chi connectivity index (χ2n) is 10.9. The zero-order valence-electron chi connectivity index (χ0n) is 24.6. The van der Waals surface area contributed by atoms with Gasteiger partial charge in [0.05, 0.1) is 22.3 Å². The van der Waals surface area contributed by atoms with Gasteiger partial charge < -0.3 is 9.47 Å². The lowest BCUT2D eigenvalue weighted by molar-refractivity contribution is 0.0373. The lowest BCUT2D eigenvalue weighted by Gasteiger charge is -2.33. The van der Waals surface area contributed by atoms with Crippen LogP contribution in [-0.2, 0) is 9.47 Å². The second kappa shape index (κ2) is 9.07. The Bertz CT molecular complexity index is 2390. The number of hydrogen-bond donors (Lipinski definition) is 0. The third-order valence-corrected chi connectivity index (χ3v) is 9.27. The Morgan fingerprint density at radius 2 is 0.932 bits per heavy atom. The molecular formula is C38H26O6. The van der Waals surface area contributed by atoms with Crippen LogP contribution in [0.4, 0.5) is 0 Å². The van der Waals surface area contributed by atoms with Gasteiger partial charge in [0.1, 0.15) is 0 Å². The largest absolute Gasteiger partial charge is 0.386 e. The maximum Gasteiger partial charge on any atom is 0.346 e. The second-order valence-corrected chi connectivity index (χ2v) is 10.9. The Morgan fingerprint density at radius 1 is 0.477 bits per heavy atom. The molecule has 2 heterocycles. The van der Waals surface area contributed by atoms with Crippen molar-refractivity contribution in [2.24, 2.45) is 0 Å². The number of fused-ring (bicyclic) bond motifs is 4. The fourth-order valence-corrected chi connectivity index (χ4v) is 7.76. The van der Waals surface area contributed by atoms with Crippen LogP contribution >= 0.6 is 0 Å². The highest BCUT2D eigenvalue weighted by Crippen LogP contribution is 2.52. The number of rotatable bonds is 0. The van der Waals surface area contributed by atoms with Gasteiger partial charge in [0, 0.05) is 16.7 Å². The number of hydrogen-bond acceptors (Lipinski definition) is 6. The van der Waals surface area contributed by atoms with Gasteiger partial charge in [0.15, 0.2) is 0 Å². The Hall–Kier alpha value is -5.36. The highest BCUT2D eigenvalue weighted by atomic mass is 16.6. The van der Waals surface area contributed by atoms with Gasteiger partial charge in [-0.15, -0.1) is 0 Å². The van der Waals surface area contributed by atoms with Crippen LogP contribution in [0.5, 0.6) is 0 Å². The predicted molar refractivity (Wildman–Crippen MR) is 170 cm³/mol. The molecule has 0 saturated carbocycles. The predicted octanol–water partition coefficient (Wildman–Crippen LogP) is 7.99. The van der Waals surface area contributed by atoms with E-state index < -0.39 is 23.9 Å². The van der Waals surface area contributed by atoms with Gasteiger partial charge in [-0.1, -0.05) is 70.2 Å². The average Bonchev–Trinajstić information content (AvgIpc) is 3.06. The minimum absolute atomic E-state index is 0.0459. The number of ether oxygens (including phenoxy) is 2. The molecule has 6 aromatic rings. The number of carbonyl (C=O) groups is 4. The molecule has 0 spiro atoms. The van der Waals surface area contributed by atoms with E-state index >= 15 is 0 Å². The normalized spacial score (nSPS) is 16.6. The van der Waals surface area contributed by atoms with Crippen molar-refractivity contribution in [3.8, 4) is 11.1 Å². The van der Waals surface area contributed by atoms with Crippen LogP contribution in [0.1, 0.15) is 92.6 Å². The van der Waals surface area contributed by atoms with E-state index in [0.717, 1.165) is 60.6 Å². The molecule has 214 valence electrons. The number of benzene rings is 6. The van der Waals surface area contributed by atoms with Crippen LogP contribution in [0, 0.1) is 0 Å². The van der Waals surface area contributed by atoms with E-state index in [1.54, 1.807) is 24.3 Å². The maximum atomic E-state index is 12.6. The van der Waals surface area contributed by atoms with Crippen molar-refractivity contribution in [1.29, 1.82) is 0 Å². The smallest absolute Gasteiger partial charge is 0.346 e. The molecule has 0 aromatic heterocycles. The summed E-state index contributed by atoms with van der Waals surface area (Å²) in [5.74, 6) is -2.41. The first kappa shape index (κ1) is 26.3. The van der Waals surface area contributed by atoms with Gasteiger partial charge >= 0.3 is 23.9 Å². The molecule has 6 aromatic carbocycles. The summed E-state index contributed by atoms with van der Waals surface area (Å²) in [5, 5.41) is 8.48. The quantitative estimate of drug-likeness (QED) is 0.0786. The van der Waals surface area contributed by atoms with E-state index in [4.69, 9.17) is 9.47 Å². The molecule has 6 nitrogen and oxygen atoms in total. The van der Waals surface area contributed by atoms with E-state index in [9.17, 15) is 19.2 Å². The SMILES string of the molecule is CC.CC.O=C1OC(=O)c2ccc3c4c(ccc1c24)-c1ccc2c4c1C3CC=c4c1ccc3c4c(ccc2c41)C(=O)OC3=O. The Labute approximate surface area is 251 Å². The molecule has 0 bridgehead atoms. The molecule has 2 aliphatic heterocycles. The zero-order valence-corrected chi connectivity index (χ0v) is 24.6. The van der Waals surface area contributed by atoms with E-state index in [1.807, 2.05) is 52.0 Å². The zero-order chi connectivity index (χ0) is 30.6. The van der Waals surface area contributed by atoms with Crippen molar-refractivity contribution < 1.29 is 28.7 Å². The van der Waals surface area contributed by atoms with Crippen molar-refractivity contribution in [2.75, 3.05) is 0 Å². The van der Waals surface area contributed by atoms with Gasteiger partial charge in [0.25, 0.3) is 0 Å². The summed E-state index contributed by atoms with van der Waals surface area (Å²) >= 11 is 0. The monoisotopic (exact) mass is 578 g/mol. The van der Waals surface area contributed by atoms with Gasteiger partial charge in [-0.2, -0.15) is 0 Å². The molecule has 0 saturated heterocycles. The van der Waals surface area contributed by atoms with Gasteiger partial charge in [-0.3, -0.25) is 0 Å². The molecule has 6 heteroatoms. The summed E-state index contributed by atoms with van der Waals surface area (Å²) in [6.07, 6.45) is 2.98. The molecular weight excluding hydrogens is 552 g/mol. The van der Waals surface area contributed by atoms with Gasteiger partial charge in [-0.25, -0.2) is 19.2 Å². The molecule has 10 rings (SSSR count). The lowest BCUT2D eigenvalue weighted by atomic mass is 9.70. The molecule has 0 fully saturated rings. The van der Waals surface area contributed by atoms with E-state index in [2.05, 4.69) is 18.2 Å². The topological polar surface area (TPSA) is 86.7 Å². The first-order valence-electron chi connectivity index (χ1n) is 15.1. The molecule has 1 unspecified atom stereocenters. The van der Waals surface area contributed by atoms with Crippen LogP contribution < -0.4 is 5.22 Å². The molecule has 0 amide bonds. The first-order chi connectivity index (χ1) is 21.5.